The highest BCUT2D eigenvalue weighted by Gasteiger charge is 2.09. The zero-order chi connectivity index (χ0) is 12.1. The maximum Gasteiger partial charge on any atom is 0.348 e. The molecule has 0 aliphatic heterocycles. The second-order valence-electron chi connectivity index (χ2n) is 3.41. The normalized spacial score (nSPS) is 9.94. The van der Waals surface area contributed by atoms with Gasteiger partial charge in [-0.05, 0) is 5.56 Å². The van der Waals surface area contributed by atoms with Gasteiger partial charge >= 0.3 is 5.97 Å². The minimum Gasteiger partial charge on any atom is -0.488 e. The van der Waals surface area contributed by atoms with E-state index in [1.807, 2.05) is 30.3 Å². The lowest BCUT2D eigenvalue weighted by molar-refractivity contribution is 0.0606. The first-order valence-corrected chi connectivity index (χ1v) is 6.01. The molecule has 0 spiro atoms. The molecule has 0 aliphatic rings. The van der Waals surface area contributed by atoms with E-state index in [-0.39, 0.29) is 5.97 Å². The Bertz CT molecular complexity index is 490. The summed E-state index contributed by atoms with van der Waals surface area (Å²) in [7, 11) is 1.37. The lowest BCUT2D eigenvalue weighted by Crippen LogP contribution is -1.97. The number of methoxy groups -OCH3 is 1. The van der Waals surface area contributed by atoms with Gasteiger partial charge in [-0.1, -0.05) is 30.3 Å². The highest BCUT2D eigenvalue weighted by atomic mass is 32.1. The van der Waals surface area contributed by atoms with Crippen LogP contribution in [0.15, 0.2) is 41.8 Å². The predicted molar refractivity (Wildman–Crippen MR) is 66.4 cm³/mol. The van der Waals surface area contributed by atoms with Crippen molar-refractivity contribution in [2.75, 3.05) is 7.11 Å². The fourth-order valence-electron chi connectivity index (χ4n) is 1.34. The third kappa shape index (κ3) is 3.07. The van der Waals surface area contributed by atoms with Crippen molar-refractivity contribution < 1.29 is 14.3 Å². The summed E-state index contributed by atoms with van der Waals surface area (Å²) < 4.78 is 10.2. The monoisotopic (exact) mass is 248 g/mol. The van der Waals surface area contributed by atoms with E-state index in [0.29, 0.717) is 17.2 Å². The van der Waals surface area contributed by atoms with Gasteiger partial charge in [0.05, 0.1) is 7.11 Å². The van der Waals surface area contributed by atoms with E-state index in [1.54, 1.807) is 11.4 Å². The predicted octanol–water partition coefficient (Wildman–Crippen LogP) is 3.11. The van der Waals surface area contributed by atoms with E-state index in [2.05, 4.69) is 4.74 Å². The maximum atomic E-state index is 11.2. The topological polar surface area (TPSA) is 35.5 Å². The zero-order valence-electron chi connectivity index (χ0n) is 9.38. The molecular weight excluding hydrogens is 236 g/mol. The van der Waals surface area contributed by atoms with Crippen LogP contribution in [-0.4, -0.2) is 13.1 Å². The number of benzene rings is 1. The Kier molecular flexibility index (Phi) is 3.77. The lowest BCUT2D eigenvalue weighted by atomic mass is 10.2. The van der Waals surface area contributed by atoms with Crippen molar-refractivity contribution in [3.05, 3.63) is 52.2 Å². The summed E-state index contributed by atoms with van der Waals surface area (Å²) in [5.41, 5.74) is 1.10. The van der Waals surface area contributed by atoms with Crippen LogP contribution in [0.3, 0.4) is 0 Å². The largest absolute Gasteiger partial charge is 0.488 e. The molecule has 2 rings (SSSR count). The molecule has 0 aliphatic carbocycles. The van der Waals surface area contributed by atoms with E-state index in [9.17, 15) is 4.79 Å². The minimum atomic E-state index is -0.329. The number of hydrogen-bond donors (Lipinski definition) is 0. The summed E-state index contributed by atoms with van der Waals surface area (Å²) in [5, 5.41) is 1.80. The van der Waals surface area contributed by atoms with Crippen molar-refractivity contribution in [1.82, 2.24) is 0 Å². The second kappa shape index (κ2) is 5.50. The van der Waals surface area contributed by atoms with Crippen molar-refractivity contribution >= 4 is 17.3 Å². The van der Waals surface area contributed by atoms with Crippen LogP contribution >= 0.6 is 11.3 Å². The summed E-state index contributed by atoms with van der Waals surface area (Å²) in [4.78, 5) is 11.8. The average Bonchev–Trinajstić information content (AvgIpc) is 2.85. The molecule has 0 atom stereocenters. The van der Waals surface area contributed by atoms with Gasteiger partial charge < -0.3 is 9.47 Å². The van der Waals surface area contributed by atoms with Gasteiger partial charge in [0, 0.05) is 11.4 Å². The maximum absolute atomic E-state index is 11.2. The van der Waals surface area contributed by atoms with Gasteiger partial charge in [0.2, 0.25) is 0 Å². The molecule has 3 nitrogen and oxygen atoms in total. The third-order valence-corrected chi connectivity index (χ3v) is 3.10. The summed E-state index contributed by atoms with van der Waals surface area (Å²) >= 11 is 1.32. The standard InChI is InChI=1S/C13H12O3S/c1-15-13(14)12-7-11(9-17-12)16-8-10-5-3-2-4-6-10/h2-7,9H,8H2,1H3. The van der Waals surface area contributed by atoms with E-state index in [1.165, 1.54) is 18.4 Å². The molecule has 0 bridgehead atoms. The van der Waals surface area contributed by atoms with Crippen molar-refractivity contribution in [1.29, 1.82) is 0 Å². The quantitative estimate of drug-likeness (QED) is 0.780. The number of rotatable bonds is 4. The Morgan fingerprint density at radius 2 is 2.06 bits per heavy atom. The Morgan fingerprint density at radius 1 is 1.29 bits per heavy atom. The van der Waals surface area contributed by atoms with Crippen LogP contribution < -0.4 is 4.74 Å². The van der Waals surface area contributed by atoms with E-state index >= 15 is 0 Å². The molecule has 4 heteroatoms. The Balaban J connectivity index is 1.96. The molecular formula is C13H12O3S. The highest BCUT2D eigenvalue weighted by Crippen LogP contribution is 2.23. The van der Waals surface area contributed by atoms with Gasteiger partial charge in [0.15, 0.2) is 0 Å². The van der Waals surface area contributed by atoms with Crippen molar-refractivity contribution in [2.24, 2.45) is 0 Å². The van der Waals surface area contributed by atoms with Gasteiger partial charge in [0.25, 0.3) is 0 Å². The van der Waals surface area contributed by atoms with Gasteiger partial charge in [-0.15, -0.1) is 11.3 Å². The summed E-state index contributed by atoms with van der Waals surface area (Å²) in [6.07, 6.45) is 0. The van der Waals surface area contributed by atoms with E-state index < -0.39 is 0 Å². The van der Waals surface area contributed by atoms with Crippen molar-refractivity contribution in [3.8, 4) is 5.75 Å². The molecule has 2 aromatic rings. The Labute approximate surface area is 104 Å². The Hall–Kier alpha value is -1.81. The zero-order valence-corrected chi connectivity index (χ0v) is 10.2. The van der Waals surface area contributed by atoms with Gasteiger partial charge in [-0.25, -0.2) is 4.79 Å². The van der Waals surface area contributed by atoms with Crippen LogP contribution in [0.25, 0.3) is 0 Å². The number of thiophene rings is 1. The fourth-order valence-corrected chi connectivity index (χ4v) is 2.09. The molecule has 0 saturated carbocycles. The molecule has 0 unspecified atom stereocenters. The van der Waals surface area contributed by atoms with Crippen LogP contribution in [0, 0.1) is 0 Å². The van der Waals surface area contributed by atoms with Gasteiger partial charge in [-0.2, -0.15) is 0 Å². The lowest BCUT2D eigenvalue weighted by Gasteiger charge is -2.02. The summed E-state index contributed by atoms with van der Waals surface area (Å²) in [5.74, 6) is 0.365. The molecule has 1 aromatic heterocycles. The minimum absolute atomic E-state index is 0.329. The molecule has 0 saturated heterocycles. The first kappa shape index (κ1) is 11.7. The number of carbonyl (C=O) groups excluding carboxylic acids is 1. The fraction of sp³-hybridized carbons (Fsp3) is 0.154. The van der Waals surface area contributed by atoms with Crippen LogP contribution in [0.4, 0.5) is 0 Å². The molecule has 0 radical (unpaired) electrons. The second-order valence-corrected chi connectivity index (χ2v) is 4.32. The highest BCUT2D eigenvalue weighted by molar-refractivity contribution is 7.12. The first-order valence-electron chi connectivity index (χ1n) is 5.13. The third-order valence-electron chi connectivity index (χ3n) is 2.21. The average molecular weight is 248 g/mol. The van der Waals surface area contributed by atoms with Gasteiger partial charge in [-0.3, -0.25) is 0 Å². The van der Waals surface area contributed by atoms with Crippen molar-refractivity contribution in [2.45, 2.75) is 6.61 Å². The van der Waals surface area contributed by atoms with Gasteiger partial charge in [0.1, 0.15) is 17.2 Å². The molecule has 0 fully saturated rings. The van der Waals surface area contributed by atoms with E-state index in [4.69, 9.17) is 4.74 Å². The summed E-state index contributed by atoms with van der Waals surface area (Å²) in [6.45, 7) is 0.498. The summed E-state index contributed by atoms with van der Waals surface area (Å²) in [6, 6.07) is 11.6. The molecule has 1 aromatic carbocycles. The molecule has 0 amide bonds. The molecule has 1 heterocycles. The SMILES string of the molecule is COC(=O)c1cc(OCc2ccccc2)cs1. The van der Waals surface area contributed by atoms with Crippen LogP contribution in [-0.2, 0) is 11.3 Å². The van der Waals surface area contributed by atoms with Crippen LogP contribution in [0.5, 0.6) is 5.75 Å². The van der Waals surface area contributed by atoms with Crippen LogP contribution in [0.2, 0.25) is 0 Å². The number of ether oxygens (including phenoxy) is 2. The first-order chi connectivity index (χ1) is 8.29. The molecule has 17 heavy (non-hydrogen) atoms. The number of hydrogen-bond acceptors (Lipinski definition) is 4. The van der Waals surface area contributed by atoms with Crippen molar-refractivity contribution in [3.63, 3.8) is 0 Å². The molecule has 88 valence electrons. The number of esters is 1. The molecule has 0 N–H and O–H groups in total. The van der Waals surface area contributed by atoms with Crippen LogP contribution in [0.1, 0.15) is 15.2 Å². The smallest absolute Gasteiger partial charge is 0.348 e. The number of carbonyl (C=O) groups is 1. The van der Waals surface area contributed by atoms with E-state index in [0.717, 1.165) is 5.56 Å². The Morgan fingerprint density at radius 3 is 2.76 bits per heavy atom.